The summed E-state index contributed by atoms with van der Waals surface area (Å²) < 4.78 is 38.8. The zero-order valence-corrected chi connectivity index (χ0v) is 8.81. The van der Waals surface area contributed by atoms with Crippen molar-refractivity contribution in [2.24, 2.45) is 11.1 Å². The molecule has 6 heteroatoms. The number of hydrogen-bond acceptors (Lipinski definition) is 3. The van der Waals surface area contributed by atoms with Crippen LogP contribution in [0, 0.1) is 5.41 Å². The number of nitrogens with zero attached hydrogens (tertiary/aromatic N) is 1. The minimum atomic E-state index is -4.52. The molecule has 0 radical (unpaired) electrons. The third kappa shape index (κ3) is 4.36. The van der Waals surface area contributed by atoms with Crippen molar-refractivity contribution < 1.29 is 17.9 Å². The Morgan fingerprint density at radius 1 is 1.47 bits per heavy atom. The Labute approximate surface area is 87.4 Å². The van der Waals surface area contributed by atoms with Gasteiger partial charge in [-0.3, -0.25) is 4.74 Å². The minimum absolute atomic E-state index is 0.0538. The molecule has 90 valence electrons. The SMILES string of the molecule is CC1(CN)CCN(CCOC(F)(F)F)C1. The molecule has 0 aromatic rings. The maximum atomic E-state index is 11.7. The molecule has 1 heterocycles. The first-order chi connectivity index (χ1) is 6.85. The Kier molecular flexibility index (Phi) is 3.97. The summed E-state index contributed by atoms with van der Waals surface area (Å²) in [6, 6.07) is 0. The topological polar surface area (TPSA) is 38.5 Å². The van der Waals surface area contributed by atoms with Gasteiger partial charge in [0.05, 0.1) is 6.61 Å². The van der Waals surface area contributed by atoms with E-state index in [1.54, 1.807) is 0 Å². The molecule has 1 saturated heterocycles. The quantitative estimate of drug-likeness (QED) is 0.782. The van der Waals surface area contributed by atoms with Gasteiger partial charge in [0.1, 0.15) is 0 Å². The van der Waals surface area contributed by atoms with Gasteiger partial charge in [0.2, 0.25) is 0 Å². The number of likely N-dealkylation sites (tertiary alicyclic amines) is 1. The second-order valence-electron chi connectivity index (χ2n) is 4.34. The van der Waals surface area contributed by atoms with E-state index in [0.29, 0.717) is 13.1 Å². The van der Waals surface area contributed by atoms with Crippen LogP contribution in [0.1, 0.15) is 13.3 Å². The molecular weight excluding hydrogens is 209 g/mol. The average molecular weight is 226 g/mol. The van der Waals surface area contributed by atoms with Crippen molar-refractivity contribution in [3.63, 3.8) is 0 Å². The molecule has 0 aliphatic carbocycles. The van der Waals surface area contributed by atoms with E-state index in [-0.39, 0.29) is 12.0 Å². The molecule has 0 aromatic heterocycles. The van der Waals surface area contributed by atoms with Crippen molar-refractivity contribution in [3.8, 4) is 0 Å². The van der Waals surface area contributed by atoms with Crippen LogP contribution in [-0.2, 0) is 4.74 Å². The first kappa shape index (κ1) is 12.7. The Morgan fingerprint density at radius 3 is 2.60 bits per heavy atom. The lowest BCUT2D eigenvalue weighted by molar-refractivity contribution is -0.324. The summed E-state index contributed by atoms with van der Waals surface area (Å²) in [4.78, 5) is 1.96. The first-order valence-electron chi connectivity index (χ1n) is 4.98. The van der Waals surface area contributed by atoms with Crippen molar-refractivity contribution in [2.75, 3.05) is 32.8 Å². The summed E-state index contributed by atoms with van der Waals surface area (Å²) >= 11 is 0. The Hall–Kier alpha value is -0.330. The lowest BCUT2D eigenvalue weighted by Gasteiger charge is -2.22. The molecule has 1 fully saturated rings. The molecule has 0 spiro atoms. The molecular formula is C9H17F3N2O. The third-order valence-corrected chi connectivity index (χ3v) is 2.80. The molecule has 0 bridgehead atoms. The molecule has 0 saturated carbocycles. The lowest BCUT2D eigenvalue weighted by Crippen LogP contribution is -2.33. The minimum Gasteiger partial charge on any atom is -0.330 e. The second-order valence-corrected chi connectivity index (χ2v) is 4.34. The zero-order chi connectivity index (χ0) is 11.5. The highest BCUT2D eigenvalue weighted by Crippen LogP contribution is 2.28. The third-order valence-electron chi connectivity index (χ3n) is 2.80. The predicted octanol–water partition coefficient (Wildman–Crippen LogP) is 1.19. The molecule has 2 N–H and O–H groups in total. The number of rotatable bonds is 4. The maximum absolute atomic E-state index is 11.7. The fourth-order valence-corrected chi connectivity index (χ4v) is 1.77. The van der Waals surface area contributed by atoms with Crippen LogP contribution in [0.25, 0.3) is 0 Å². The molecule has 0 amide bonds. The van der Waals surface area contributed by atoms with Crippen LogP contribution < -0.4 is 5.73 Å². The van der Waals surface area contributed by atoms with Crippen LogP contribution >= 0.6 is 0 Å². The van der Waals surface area contributed by atoms with Crippen molar-refractivity contribution in [2.45, 2.75) is 19.7 Å². The van der Waals surface area contributed by atoms with Gasteiger partial charge in [-0.25, -0.2) is 0 Å². The molecule has 0 aromatic carbocycles. The van der Waals surface area contributed by atoms with Crippen LogP contribution in [0.5, 0.6) is 0 Å². The van der Waals surface area contributed by atoms with Gasteiger partial charge in [0.25, 0.3) is 0 Å². The van der Waals surface area contributed by atoms with Crippen molar-refractivity contribution in [3.05, 3.63) is 0 Å². The highest BCUT2D eigenvalue weighted by atomic mass is 19.4. The van der Waals surface area contributed by atoms with Crippen LogP contribution in [-0.4, -0.2) is 44.0 Å². The van der Waals surface area contributed by atoms with E-state index < -0.39 is 6.36 Å². The Balaban J connectivity index is 2.20. The molecule has 15 heavy (non-hydrogen) atoms. The van der Waals surface area contributed by atoms with Crippen LogP contribution in [0.4, 0.5) is 13.2 Å². The zero-order valence-electron chi connectivity index (χ0n) is 8.81. The standard InChI is InChI=1S/C9H17F3N2O/c1-8(6-13)2-3-14(7-8)4-5-15-9(10,11)12/h2-7,13H2,1H3. The summed E-state index contributed by atoms with van der Waals surface area (Å²) in [5.74, 6) is 0. The van der Waals surface area contributed by atoms with Gasteiger partial charge in [0, 0.05) is 13.1 Å². The van der Waals surface area contributed by atoms with E-state index in [2.05, 4.69) is 11.7 Å². The highest BCUT2D eigenvalue weighted by molar-refractivity contribution is 4.86. The van der Waals surface area contributed by atoms with Gasteiger partial charge in [-0.1, -0.05) is 6.92 Å². The molecule has 3 nitrogen and oxygen atoms in total. The summed E-state index contributed by atoms with van der Waals surface area (Å²) in [7, 11) is 0. The van der Waals surface area contributed by atoms with E-state index in [0.717, 1.165) is 19.5 Å². The van der Waals surface area contributed by atoms with E-state index in [9.17, 15) is 13.2 Å². The summed E-state index contributed by atoms with van der Waals surface area (Å²) in [6.45, 7) is 4.19. The molecule has 1 aliphatic rings. The smallest absolute Gasteiger partial charge is 0.330 e. The lowest BCUT2D eigenvalue weighted by atomic mass is 9.90. The monoisotopic (exact) mass is 226 g/mol. The average Bonchev–Trinajstić information content (AvgIpc) is 2.47. The Morgan fingerprint density at radius 2 is 2.13 bits per heavy atom. The van der Waals surface area contributed by atoms with Crippen molar-refractivity contribution >= 4 is 0 Å². The highest BCUT2D eigenvalue weighted by Gasteiger charge is 2.33. The molecule has 1 unspecified atom stereocenters. The van der Waals surface area contributed by atoms with Gasteiger partial charge in [0.15, 0.2) is 0 Å². The number of nitrogens with two attached hydrogens (primary N) is 1. The van der Waals surface area contributed by atoms with E-state index in [1.807, 2.05) is 4.90 Å². The number of hydrogen-bond donors (Lipinski definition) is 1. The van der Waals surface area contributed by atoms with Gasteiger partial charge in [-0.2, -0.15) is 0 Å². The molecule has 1 aliphatic heterocycles. The number of alkyl halides is 3. The van der Waals surface area contributed by atoms with Gasteiger partial charge in [-0.15, -0.1) is 13.2 Å². The van der Waals surface area contributed by atoms with E-state index in [1.165, 1.54) is 0 Å². The first-order valence-corrected chi connectivity index (χ1v) is 4.98. The fraction of sp³-hybridized carbons (Fsp3) is 1.00. The van der Waals surface area contributed by atoms with E-state index >= 15 is 0 Å². The number of ether oxygens (including phenoxy) is 1. The van der Waals surface area contributed by atoms with Crippen LogP contribution in [0.15, 0.2) is 0 Å². The van der Waals surface area contributed by atoms with Gasteiger partial charge >= 0.3 is 6.36 Å². The normalized spacial score (nSPS) is 28.6. The fourth-order valence-electron chi connectivity index (χ4n) is 1.77. The van der Waals surface area contributed by atoms with Crippen molar-refractivity contribution in [1.29, 1.82) is 0 Å². The Bertz CT molecular complexity index is 210. The molecule has 1 rings (SSSR count). The predicted molar refractivity (Wildman–Crippen MR) is 50.2 cm³/mol. The van der Waals surface area contributed by atoms with Crippen LogP contribution in [0.2, 0.25) is 0 Å². The molecule has 1 atom stereocenters. The van der Waals surface area contributed by atoms with Gasteiger partial charge in [-0.05, 0) is 24.9 Å². The summed E-state index contributed by atoms with van der Waals surface area (Å²) in [6.07, 6.45) is -3.58. The summed E-state index contributed by atoms with van der Waals surface area (Å²) in [5, 5.41) is 0. The summed E-state index contributed by atoms with van der Waals surface area (Å²) in [5.41, 5.74) is 5.64. The number of halogens is 3. The van der Waals surface area contributed by atoms with Crippen LogP contribution in [0.3, 0.4) is 0 Å². The maximum Gasteiger partial charge on any atom is 0.522 e. The van der Waals surface area contributed by atoms with E-state index in [4.69, 9.17) is 5.73 Å². The van der Waals surface area contributed by atoms with Gasteiger partial charge < -0.3 is 10.6 Å². The van der Waals surface area contributed by atoms with Crippen molar-refractivity contribution in [1.82, 2.24) is 4.90 Å². The largest absolute Gasteiger partial charge is 0.522 e. The second kappa shape index (κ2) is 4.67.